The molecule has 1 aliphatic heterocycles. The van der Waals surface area contributed by atoms with Crippen LogP contribution in [-0.2, 0) is 0 Å². The lowest BCUT2D eigenvalue weighted by molar-refractivity contribution is 0.0416. The van der Waals surface area contributed by atoms with Gasteiger partial charge in [0.05, 0.1) is 6.10 Å². The number of aliphatic hydroxyl groups is 1. The summed E-state index contributed by atoms with van der Waals surface area (Å²) in [6, 6.07) is 16.6. The highest BCUT2D eigenvalue weighted by Crippen LogP contribution is 2.42. The van der Waals surface area contributed by atoms with Crippen molar-refractivity contribution in [3.63, 3.8) is 0 Å². The van der Waals surface area contributed by atoms with Crippen molar-refractivity contribution in [2.24, 2.45) is 17.6 Å². The Morgan fingerprint density at radius 2 is 1.46 bits per heavy atom. The van der Waals surface area contributed by atoms with E-state index in [1.165, 1.54) is 30.3 Å². The molecule has 3 aromatic carbocycles. The number of phenolic OH excluding ortho intramolecular Hbond substituents is 2. The molecule has 0 amide bonds. The maximum absolute atomic E-state index is 14.7. The third-order valence-corrected chi connectivity index (χ3v) is 7.12. The number of benzene rings is 3. The summed E-state index contributed by atoms with van der Waals surface area (Å²) in [5.74, 6) is -3.43. The van der Waals surface area contributed by atoms with Crippen LogP contribution < -0.4 is 5.73 Å². The van der Waals surface area contributed by atoms with Crippen LogP contribution in [0.5, 0.6) is 11.5 Å². The average Bonchev–Trinajstić information content (AvgIpc) is 2.89. The fourth-order valence-electron chi connectivity index (χ4n) is 5.32. The molecule has 0 saturated carbocycles. The van der Waals surface area contributed by atoms with Crippen molar-refractivity contribution < 1.29 is 29.3 Å². The van der Waals surface area contributed by atoms with Gasteiger partial charge in [-0.3, -0.25) is 14.5 Å². The first kappa shape index (κ1) is 26.5. The smallest absolute Gasteiger partial charge is 0.167 e. The topological polar surface area (TPSA) is 124 Å². The number of hydrogen-bond donors (Lipinski definition) is 4. The van der Waals surface area contributed by atoms with Gasteiger partial charge >= 0.3 is 0 Å². The van der Waals surface area contributed by atoms with Crippen LogP contribution in [0.3, 0.4) is 0 Å². The number of β-amino-alcohol motifs (C(OH)–C–C–N with tert-alkyl or cyclic N) is 1. The molecule has 7 nitrogen and oxygen atoms in total. The number of phenols is 2. The molecule has 3 aromatic rings. The van der Waals surface area contributed by atoms with Crippen molar-refractivity contribution in [2.75, 3.05) is 26.2 Å². The number of nitrogens with zero attached hydrogens (tertiary/aromatic N) is 1. The highest BCUT2D eigenvalue weighted by molar-refractivity contribution is 6.02. The Labute approximate surface area is 215 Å². The highest BCUT2D eigenvalue weighted by Gasteiger charge is 2.45. The predicted octanol–water partition coefficient (Wildman–Crippen LogP) is 3.26. The third kappa shape index (κ3) is 5.72. The maximum Gasteiger partial charge on any atom is 0.167 e. The molecule has 37 heavy (non-hydrogen) atoms. The van der Waals surface area contributed by atoms with Crippen molar-refractivity contribution in [2.45, 2.75) is 18.9 Å². The lowest BCUT2D eigenvalue weighted by Crippen LogP contribution is -2.52. The molecule has 1 saturated heterocycles. The lowest BCUT2D eigenvalue weighted by atomic mass is 9.67. The van der Waals surface area contributed by atoms with Crippen LogP contribution in [0.25, 0.3) is 0 Å². The van der Waals surface area contributed by atoms with Gasteiger partial charge < -0.3 is 21.1 Å². The summed E-state index contributed by atoms with van der Waals surface area (Å²) in [7, 11) is 0. The van der Waals surface area contributed by atoms with Crippen LogP contribution in [0, 0.1) is 24.6 Å². The Kier molecular flexibility index (Phi) is 8.02. The van der Waals surface area contributed by atoms with E-state index in [9.17, 15) is 29.3 Å². The minimum Gasteiger partial charge on any atom is -0.508 e. The van der Waals surface area contributed by atoms with E-state index in [-0.39, 0.29) is 60.4 Å². The summed E-state index contributed by atoms with van der Waals surface area (Å²) in [5.41, 5.74) is 7.09. The Bertz CT molecular complexity index is 1230. The van der Waals surface area contributed by atoms with Gasteiger partial charge in [-0.1, -0.05) is 36.4 Å². The van der Waals surface area contributed by atoms with E-state index in [1.54, 1.807) is 43.3 Å². The number of piperidine rings is 1. The van der Waals surface area contributed by atoms with Gasteiger partial charge in [0, 0.05) is 55.1 Å². The molecule has 0 radical (unpaired) electrons. The molecule has 194 valence electrons. The first-order valence-corrected chi connectivity index (χ1v) is 12.2. The molecule has 8 heteroatoms. The molecule has 0 aromatic heterocycles. The summed E-state index contributed by atoms with van der Waals surface area (Å²) < 4.78 is 14.7. The standard InChI is InChI=1S/C29H31FN2O5/c1-17-23(9-4-10-26(17)30)27-24(28(36)18-5-2-7-20(33)11-18)15-32(14-22(35)13-31)16-25(27)29(37)19-6-3-8-21(34)12-19/h2-12,22,24-25,27,33-35H,13-16,31H2,1H3. The molecule has 1 aliphatic rings. The number of likely N-dealkylation sites (tertiary alicyclic amines) is 1. The minimum atomic E-state index is -0.861. The first-order chi connectivity index (χ1) is 17.7. The normalized spacial score (nSPS) is 20.9. The summed E-state index contributed by atoms with van der Waals surface area (Å²) >= 11 is 0. The number of hydrogen-bond acceptors (Lipinski definition) is 7. The Hall–Kier alpha value is -3.59. The van der Waals surface area contributed by atoms with Crippen LogP contribution in [0.2, 0.25) is 0 Å². The molecule has 0 bridgehead atoms. The van der Waals surface area contributed by atoms with E-state index in [0.717, 1.165) is 0 Å². The van der Waals surface area contributed by atoms with Crippen LogP contribution in [0.1, 0.15) is 37.8 Å². The number of halogens is 1. The zero-order chi connectivity index (χ0) is 26.7. The van der Waals surface area contributed by atoms with E-state index in [1.807, 2.05) is 4.90 Å². The number of aliphatic hydroxyl groups excluding tert-OH is 1. The van der Waals surface area contributed by atoms with Gasteiger partial charge in [-0.15, -0.1) is 0 Å². The van der Waals surface area contributed by atoms with Crippen molar-refractivity contribution in [1.82, 2.24) is 4.90 Å². The monoisotopic (exact) mass is 506 g/mol. The van der Waals surface area contributed by atoms with E-state index in [0.29, 0.717) is 11.1 Å². The van der Waals surface area contributed by atoms with Crippen LogP contribution >= 0.6 is 0 Å². The fourth-order valence-corrected chi connectivity index (χ4v) is 5.32. The number of aromatic hydroxyl groups is 2. The van der Waals surface area contributed by atoms with Crippen molar-refractivity contribution >= 4 is 11.6 Å². The van der Waals surface area contributed by atoms with Crippen molar-refractivity contribution in [1.29, 1.82) is 0 Å². The molecule has 5 N–H and O–H groups in total. The third-order valence-electron chi connectivity index (χ3n) is 7.12. The first-order valence-electron chi connectivity index (χ1n) is 12.2. The van der Waals surface area contributed by atoms with Crippen LogP contribution in [-0.4, -0.2) is 64.1 Å². The second-order valence-electron chi connectivity index (χ2n) is 9.63. The SMILES string of the molecule is Cc1c(F)cccc1C1C(C(=O)c2cccc(O)c2)CN(CC(O)CN)CC1C(=O)c1cccc(O)c1. The number of ketones is 2. The van der Waals surface area contributed by atoms with E-state index in [4.69, 9.17) is 5.73 Å². The van der Waals surface area contributed by atoms with Gasteiger partial charge in [0.15, 0.2) is 11.6 Å². The fraction of sp³-hybridized carbons (Fsp3) is 0.310. The Morgan fingerprint density at radius 1 is 0.946 bits per heavy atom. The summed E-state index contributed by atoms with van der Waals surface area (Å²) in [6.45, 7) is 2.20. The molecule has 1 heterocycles. The van der Waals surface area contributed by atoms with Gasteiger partial charge in [0.2, 0.25) is 0 Å². The molecular formula is C29H31FN2O5. The van der Waals surface area contributed by atoms with E-state index >= 15 is 0 Å². The summed E-state index contributed by atoms with van der Waals surface area (Å²) in [5, 5.41) is 30.3. The molecule has 3 atom stereocenters. The number of carbonyl (C=O) groups is 2. The number of nitrogens with two attached hydrogens (primary N) is 1. The molecule has 3 unspecified atom stereocenters. The van der Waals surface area contributed by atoms with Gasteiger partial charge in [-0.2, -0.15) is 0 Å². The van der Waals surface area contributed by atoms with Crippen molar-refractivity contribution in [3.05, 3.63) is 94.8 Å². The lowest BCUT2D eigenvalue weighted by Gasteiger charge is -2.44. The second-order valence-corrected chi connectivity index (χ2v) is 9.63. The van der Waals surface area contributed by atoms with E-state index < -0.39 is 29.7 Å². The van der Waals surface area contributed by atoms with Gasteiger partial charge in [-0.05, 0) is 48.4 Å². The zero-order valence-corrected chi connectivity index (χ0v) is 20.5. The Balaban J connectivity index is 1.86. The highest BCUT2D eigenvalue weighted by atomic mass is 19.1. The number of Topliss-reactive ketones (excluding diaryl/α,β-unsaturated/α-hetero) is 2. The maximum atomic E-state index is 14.7. The molecule has 0 aliphatic carbocycles. The van der Waals surface area contributed by atoms with E-state index in [2.05, 4.69) is 0 Å². The number of rotatable bonds is 8. The van der Waals surface area contributed by atoms with Crippen LogP contribution in [0.4, 0.5) is 4.39 Å². The molecule has 0 spiro atoms. The molecular weight excluding hydrogens is 475 g/mol. The summed E-state index contributed by atoms with van der Waals surface area (Å²) in [4.78, 5) is 29.7. The predicted molar refractivity (Wildman–Crippen MR) is 137 cm³/mol. The minimum absolute atomic E-state index is 0.0132. The second kappa shape index (κ2) is 11.2. The summed E-state index contributed by atoms with van der Waals surface area (Å²) in [6.07, 6.45) is -0.861. The van der Waals surface area contributed by atoms with Gasteiger partial charge in [-0.25, -0.2) is 4.39 Å². The van der Waals surface area contributed by atoms with Gasteiger partial charge in [0.1, 0.15) is 17.3 Å². The number of carbonyl (C=O) groups excluding carboxylic acids is 2. The quantitative estimate of drug-likeness (QED) is 0.346. The van der Waals surface area contributed by atoms with Crippen molar-refractivity contribution in [3.8, 4) is 11.5 Å². The van der Waals surface area contributed by atoms with Gasteiger partial charge in [0.25, 0.3) is 0 Å². The zero-order valence-electron chi connectivity index (χ0n) is 20.5. The molecule has 4 rings (SSSR count). The largest absolute Gasteiger partial charge is 0.508 e. The van der Waals surface area contributed by atoms with Crippen LogP contribution in [0.15, 0.2) is 66.7 Å². The average molecular weight is 507 g/mol. The molecule has 1 fully saturated rings. The Morgan fingerprint density at radius 3 is 1.95 bits per heavy atom.